The van der Waals surface area contributed by atoms with E-state index in [-0.39, 0.29) is 23.3 Å². The van der Waals surface area contributed by atoms with Gasteiger partial charge in [-0.1, -0.05) is 48.0 Å². The number of hydrogen-bond donors (Lipinski definition) is 1. The van der Waals surface area contributed by atoms with Gasteiger partial charge in [-0.15, -0.1) is 0 Å². The Morgan fingerprint density at radius 3 is 2.67 bits per heavy atom. The summed E-state index contributed by atoms with van der Waals surface area (Å²) in [7, 11) is -3.67. The van der Waals surface area contributed by atoms with Crippen LogP contribution in [0.2, 0.25) is 5.02 Å². The summed E-state index contributed by atoms with van der Waals surface area (Å²) < 4.78 is 27.3. The lowest BCUT2D eigenvalue weighted by atomic mass is 9.99. The molecule has 5 nitrogen and oxygen atoms in total. The van der Waals surface area contributed by atoms with Gasteiger partial charge in [-0.3, -0.25) is 4.79 Å². The molecule has 0 saturated carbocycles. The number of aryl methyl sites for hydroxylation is 1. The minimum Gasteiger partial charge on any atom is -0.352 e. The number of carbonyl (C=O) groups is 1. The van der Waals surface area contributed by atoms with Crippen molar-refractivity contribution in [2.24, 2.45) is 5.92 Å². The zero-order valence-corrected chi connectivity index (χ0v) is 16.8. The highest BCUT2D eigenvalue weighted by atomic mass is 35.5. The summed E-state index contributed by atoms with van der Waals surface area (Å²) in [5, 5.41) is 3.34. The molecule has 1 saturated heterocycles. The third-order valence-corrected chi connectivity index (χ3v) is 7.11. The van der Waals surface area contributed by atoms with Crippen LogP contribution < -0.4 is 5.32 Å². The van der Waals surface area contributed by atoms with Crippen LogP contribution in [0.15, 0.2) is 53.4 Å². The number of rotatable bonds is 5. The summed E-state index contributed by atoms with van der Waals surface area (Å²) in [6.07, 6.45) is 1.34. The minimum absolute atomic E-state index is 0.110. The topological polar surface area (TPSA) is 66.5 Å². The van der Waals surface area contributed by atoms with Crippen molar-refractivity contribution in [2.75, 3.05) is 13.1 Å². The first-order valence-electron chi connectivity index (χ1n) is 8.96. The Labute approximate surface area is 165 Å². The third kappa shape index (κ3) is 4.69. The van der Waals surface area contributed by atoms with Crippen molar-refractivity contribution in [2.45, 2.75) is 31.2 Å². The van der Waals surface area contributed by atoms with Crippen molar-refractivity contribution in [3.8, 4) is 0 Å². The molecule has 3 rings (SSSR count). The van der Waals surface area contributed by atoms with E-state index in [9.17, 15) is 13.2 Å². The number of benzene rings is 2. The molecule has 0 aromatic heterocycles. The molecule has 2 aromatic carbocycles. The van der Waals surface area contributed by atoms with Crippen molar-refractivity contribution in [1.29, 1.82) is 0 Å². The van der Waals surface area contributed by atoms with Gasteiger partial charge >= 0.3 is 0 Å². The van der Waals surface area contributed by atoms with Crippen molar-refractivity contribution < 1.29 is 13.2 Å². The first-order valence-corrected chi connectivity index (χ1v) is 10.8. The number of hydrogen-bond acceptors (Lipinski definition) is 3. The molecular formula is C20H23ClN2O3S. The summed E-state index contributed by atoms with van der Waals surface area (Å²) in [6, 6.07) is 14.4. The number of piperidine rings is 1. The maximum atomic E-state index is 12.9. The van der Waals surface area contributed by atoms with Crippen molar-refractivity contribution in [3.05, 3.63) is 64.7 Å². The summed E-state index contributed by atoms with van der Waals surface area (Å²) in [4.78, 5) is 12.7. The van der Waals surface area contributed by atoms with Gasteiger partial charge in [0, 0.05) is 24.7 Å². The normalized spacial score (nSPS) is 18.2. The lowest BCUT2D eigenvalue weighted by Gasteiger charge is -2.31. The third-order valence-electron chi connectivity index (χ3n) is 4.85. The van der Waals surface area contributed by atoms with Gasteiger partial charge in [-0.2, -0.15) is 4.31 Å². The van der Waals surface area contributed by atoms with Gasteiger partial charge in [-0.25, -0.2) is 8.42 Å². The first kappa shape index (κ1) is 19.9. The van der Waals surface area contributed by atoms with Crippen molar-refractivity contribution in [1.82, 2.24) is 9.62 Å². The Morgan fingerprint density at radius 1 is 1.22 bits per heavy atom. The van der Waals surface area contributed by atoms with E-state index in [0.29, 0.717) is 31.0 Å². The molecule has 0 unspecified atom stereocenters. The van der Waals surface area contributed by atoms with Crippen LogP contribution in [0.5, 0.6) is 0 Å². The molecule has 1 aliphatic rings. The first-order chi connectivity index (χ1) is 12.9. The Bertz CT molecular complexity index is 916. The maximum Gasteiger partial charge on any atom is 0.243 e. The molecule has 1 atom stereocenters. The van der Waals surface area contributed by atoms with E-state index in [2.05, 4.69) is 5.32 Å². The Morgan fingerprint density at radius 2 is 1.96 bits per heavy atom. The highest BCUT2D eigenvalue weighted by Crippen LogP contribution is 2.26. The molecule has 7 heteroatoms. The summed E-state index contributed by atoms with van der Waals surface area (Å²) in [5.41, 5.74) is 1.84. The number of nitrogens with one attached hydrogen (secondary N) is 1. The summed E-state index contributed by atoms with van der Waals surface area (Å²) in [6.45, 7) is 2.87. The molecule has 1 fully saturated rings. The zero-order valence-electron chi connectivity index (χ0n) is 15.2. The van der Waals surface area contributed by atoms with Gasteiger partial charge in [-0.05, 0) is 43.0 Å². The largest absolute Gasteiger partial charge is 0.352 e. The number of nitrogens with zero attached hydrogens (tertiary/aromatic N) is 1. The van der Waals surface area contributed by atoms with Gasteiger partial charge in [0.1, 0.15) is 0 Å². The Kier molecular flexibility index (Phi) is 6.19. The molecule has 144 valence electrons. The van der Waals surface area contributed by atoms with E-state index in [1.54, 1.807) is 12.1 Å². The quantitative estimate of drug-likeness (QED) is 0.827. The van der Waals surface area contributed by atoms with E-state index in [1.165, 1.54) is 10.4 Å². The van der Waals surface area contributed by atoms with Gasteiger partial charge in [0.25, 0.3) is 0 Å². The molecule has 27 heavy (non-hydrogen) atoms. The van der Waals surface area contributed by atoms with E-state index >= 15 is 0 Å². The van der Waals surface area contributed by atoms with Gasteiger partial charge in [0.2, 0.25) is 15.9 Å². The zero-order chi connectivity index (χ0) is 19.4. The Balaban J connectivity index is 1.67. The molecule has 1 amide bonds. The fourth-order valence-corrected chi connectivity index (χ4v) is 4.98. The highest BCUT2D eigenvalue weighted by Gasteiger charge is 2.33. The van der Waals surface area contributed by atoms with Crippen LogP contribution in [0.4, 0.5) is 0 Å². The Hall–Kier alpha value is -1.89. The lowest BCUT2D eigenvalue weighted by molar-refractivity contribution is -0.126. The van der Waals surface area contributed by atoms with Crippen LogP contribution in [0.3, 0.4) is 0 Å². The van der Waals surface area contributed by atoms with Crippen LogP contribution >= 0.6 is 11.6 Å². The monoisotopic (exact) mass is 406 g/mol. The summed E-state index contributed by atoms with van der Waals surface area (Å²) in [5.74, 6) is -0.459. The average molecular weight is 407 g/mol. The fraction of sp³-hybridized carbons (Fsp3) is 0.350. The van der Waals surface area contributed by atoms with E-state index < -0.39 is 10.0 Å². The molecule has 1 heterocycles. The smallest absolute Gasteiger partial charge is 0.243 e. The molecule has 0 spiro atoms. The SMILES string of the molecule is Cc1ccc(S(=O)(=O)N2CCC[C@H](C(=O)NCc3ccccc3)C2)cc1Cl. The second-order valence-electron chi connectivity index (χ2n) is 6.82. The van der Waals surface area contributed by atoms with Gasteiger partial charge in [0.15, 0.2) is 0 Å². The molecule has 2 aromatic rings. The van der Waals surface area contributed by atoms with Crippen LogP contribution in [-0.4, -0.2) is 31.7 Å². The molecule has 0 radical (unpaired) electrons. The van der Waals surface area contributed by atoms with Crippen LogP contribution in [0.25, 0.3) is 0 Å². The van der Waals surface area contributed by atoms with Gasteiger partial charge in [0.05, 0.1) is 10.8 Å². The average Bonchev–Trinajstić information content (AvgIpc) is 2.69. The lowest BCUT2D eigenvalue weighted by Crippen LogP contribution is -2.45. The predicted molar refractivity (Wildman–Crippen MR) is 106 cm³/mol. The molecule has 1 aliphatic heterocycles. The van der Waals surface area contributed by atoms with E-state index in [1.807, 2.05) is 37.3 Å². The van der Waals surface area contributed by atoms with Crippen molar-refractivity contribution in [3.63, 3.8) is 0 Å². The number of carbonyl (C=O) groups excluding carboxylic acids is 1. The molecule has 1 N–H and O–H groups in total. The van der Waals surface area contributed by atoms with E-state index in [4.69, 9.17) is 11.6 Å². The minimum atomic E-state index is -3.67. The maximum absolute atomic E-state index is 12.9. The van der Waals surface area contributed by atoms with Crippen LogP contribution in [-0.2, 0) is 21.4 Å². The van der Waals surface area contributed by atoms with E-state index in [0.717, 1.165) is 11.1 Å². The molecule has 0 bridgehead atoms. The summed E-state index contributed by atoms with van der Waals surface area (Å²) >= 11 is 6.09. The standard InChI is InChI=1S/C20H23ClN2O3S/c1-15-9-10-18(12-19(15)21)27(25,26)23-11-5-8-17(14-23)20(24)22-13-16-6-3-2-4-7-16/h2-4,6-7,9-10,12,17H,5,8,11,13-14H2,1H3,(H,22,24)/t17-/m0/s1. The second kappa shape index (κ2) is 8.42. The highest BCUT2D eigenvalue weighted by molar-refractivity contribution is 7.89. The van der Waals surface area contributed by atoms with Crippen LogP contribution in [0, 0.1) is 12.8 Å². The molecule has 0 aliphatic carbocycles. The molecular weight excluding hydrogens is 384 g/mol. The van der Waals surface area contributed by atoms with Crippen molar-refractivity contribution >= 4 is 27.5 Å². The van der Waals surface area contributed by atoms with Crippen LogP contribution in [0.1, 0.15) is 24.0 Å². The second-order valence-corrected chi connectivity index (χ2v) is 9.16. The number of sulfonamides is 1. The predicted octanol–water partition coefficient (Wildman–Crippen LogP) is 3.37. The number of halogens is 1. The fourth-order valence-electron chi connectivity index (χ4n) is 3.19. The number of amides is 1. The van der Waals surface area contributed by atoms with Gasteiger partial charge < -0.3 is 5.32 Å².